The molecule has 2 N–H and O–H groups in total. The SMILES string of the molecule is CCn1c(C2CC2(C)C)nc2cc(CN)ccc21. The zero-order valence-corrected chi connectivity index (χ0v) is 11.4. The summed E-state index contributed by atoms with van der Waals surface area (Å²) in [6.45, 7) is 8.40. The monoisotopic (exact) mass is 243 g/mol. The minimum Gasteiger partial charge on any atom is -0.328 e. The van der Waals surface area contributed by atoms with Crippen molar-refractivity contribution in [1.82, 2.24) is 9.55 Å². The van der Waals surface area contributed by atoms with E-state index < -0.39 is 0 Å². The molecule has 0 amide bonds. The van der Waals surface area contributed by atoms with Gasteiger partial charge in [-0.1, -0.05) is 19.9 Å². The Morgan fingerprint density at radius 2 is 2.17 bits per heavy atom. The Morgan fingerprint density at radius 1 is 1.44 bits per heavy atom. The molecule has 3 rings (SSSR count). The number of aromatic nitrogens is 2. The quantitative estimate of drug-likeness (QED) is 0.900. The number of imidazole rings is 1. The normalized spacial score (nSPS) is 21.4. The maximum Gasteiger partial charge on any atom is 0.113 e. The molecule has 1 aromatic heterocycles. The minimum absolute atomic E-state index is 0.422. The van der Waals surface area contributed by atoms with Crippen LogP contribution in [0.5, 0.6) is 0 Å². The Labute approximate surface area is 108 Å². The van der Waals surface area contributed by atoms with Gasteiger partial charge in [-0.05, 0) is 36.5 Å². The molecule has 1 fully saturated rings. The average molecular weight is 243 g/mol. The third-order valence-electron chi connectivity index (χ3n) is 4.22. The summed E-state index contributed by atoms with van der Waals surface area (Å²) in [7, 11) is 0. The number of rotatable bonds is 3. The van der Waals surface area contributed by atoms with Gasteiger partial charge in [0.05, 0.1) is 11.0 Å². The zero-order chi connectivity index (χ0) is 12.9. The minimum atomic E-state index is 0.422. The molecule has 1 unspecified atom stereocenters. The van der Waals surface area contributed by atoms with Crippen LogP contribution in [-0.2, 0) is 13.1 Å². The van der Waals surface area contributed by atoms with Crippen LogP contribution in [0.25, 0.3) is 11.0 Å². The van der Waals surface area contributed by atoms with Crippen LogP contribution in [0.2, 0.25) is 0 Å². The fourth-order valence-electron chi connectivity index (χ4n) is 2.83. The molecular formula is C15H21N3. The number of benzene rings is 1. The molecule has 0 bridgehead atoms. The molecule has 2 aromatic rings. The molecule has 18 heavy (non-hydrogen) atoms. The second-order valence-corrected chi connectivity index (χ2v) is 5.99. The highest BCUT2D eigenvalue weighted by molar-refractivity contribution is 5.77. The number of hydrogen-bond donors (Lipinski definition) is 1. The van der Waals surface area contributed by atoms with Gasteiger partial charge in [0.15, 0.2) is 0 Å². The molecule has 3 nitrogen and oxygen atoms in total. The highest BCUT2D eigenvalue weighted by Gasteiger charge is 2.49. The van der Waals surface area contributed by atoms with Gasteiger partial charge >= 0.3 is 0 Å². The first-order valence-electron chi connectivity index (χ1n) is 6.76. The van der Waals surface area contributed by atoms with Crippen molar-refractivity contribution in [3.05, 3.63) is 29.6 Å². The molecule has 3 heteroatoms. The maximum atomic E-state index is 5.70. The lowest BCUT2D eigenvalue weighted by molar-refractivity contribution is 0.590. The largest absolute Gasteiger partial charge is 0.328 e. The van der Waals surface area contributed by atoms with Gasteiger partial charge in [-0.2, -0.15) is 0 Å². The van der Waals surface area contributed by atoms with E-state index in [1.54, 1.807) is 0 Å². The molecule has 1 saturated carbocycles. The van der Waals surface area contributed by atoms with Crippen molar-refractivity contribution < 1.29 is 0 Å². The molecule has 1 aliphatic carbocycles. The van der Waals surface area contributed by atoms with Crippen molar-refractivity contribution in [3.63, 3.8) is 0 Å². The number of nitrogens with zero attached hydrogens (tertiary/aromatic N) is 2. The van der Waals surface area contributed by atoms with E-state index in [2.05, 4.69) is 43.5 Å². The summed E-state index contributed by atoms with van der Waals surface area (Å²) in [6.07, 6.45) is 1.25. The fourth-order valence-corrected chi connectivity index (χ4v) is 2.83. The smallest absolute Gasteiger partial charge is 0.113 e. The summed E-state index contributed by atoms with van der Waals surface area (Å²) in [5, 5.41) is 0. The predicted octanol–water partition coefficient (Wildman–Crippen LogP) is 3.03. The summed E-state index contributed by atoms with van der Waals surface area (Å²) < 4.78 is 2.36. The molecular weight excluding hydrogens is 222 g/mol. The molecule has 0 spiro atoms. The molecule has 1 atom stereocenters. The van der Waals surface area contributed by atoms with Gasteiger partial charge in [0.25, 0.3) is 0 Å². The molecule has 0 aliphatic heterocycles. The summed E-state index contributed by atoms with van der Waals surface area (Å²) in [4.78, 5) is 4.86. The lowest BCUT2D eigenvalue weighted by Crippen LogP contribution is -2.03. The Hall–Kier alpha value is -1.35. The van der Waals surface area contributed by atoms with Gasteiger partial charge in [0, 0.05) is 19.0 Å². The Morgan fingerprint density at radius 3 is 2.72 bits per heavy atom. The maximum absolute atomic E-state index is 5.70. The second kappa shape index (κ2) is 3.82. The molecule has 0 radical (unpaired) electrons. The number of nitrogens with two attached hydrogens (primary N) is 1. The van der Waals surface area contributed by atoms with E-state index >= 15 is 0 Å². The predicted molar refractivity (Wildman–Crippen MR) is 74.4 cm³/mol. The van der Waals surface area contributed by atoms with Crippen LogP contribution < -0.4 is 5.73 Å². The summed E-state index contributed by atoms with van der Waals surface area (Å²) in [6, 6.07) is 6.39. The summed E-state index contributed by atoms with van der Waals surface area (Å²) in [5.74, 6) is 1.87. The topological polar surface area (TPSA) is 43.8 Å². The van der Waals surface area contributed by atoms with Crippen LogP contribution >= 0.6 is 0 Å². The van der Waals surface area contributed by atoms with Crippen LogP contribution in [0.1, 0.15) is 44.5 Å². The molecule has 1 aliphatic rings. The van der Waals surface area contributed by atoms with E-state index in [4.69, 9.17) is 10.7 Å². The van der Waals surface area contributed by atoms with Crippen LogP contribution in [0.3, 0.4) is 0 Å². The van der Waals surface area contributed by atoms with E-state index in [9.17, 15) is 0 Å². The summed E-state index contributed by atoms with van der Waals surface area (Å²) in [5.41, 5.74) is 9.62. The lowest BCUT2D eigenvalue weighted by Gasteiger charge is -2.07. The van der Waals surface area contributed by atoms with Gasteiger partial charge in [0.1, 0.15) is 5.82 Å². The third-order valence-corrected chi connectivity index (χ3v) is 4.22. The van der Waals surface area contributed by atoms with Gasteiger partial charge in [-0.3, -0.25) is 0 Å². The Kier molecular flexibility index (Phi) is 2.49. The van der Waals surface area contributed by atoms with Crippen molar-refractivity contribution in [1.29, 1.82) is 0 Å². The molecule has 1 aromatic carbocycles. The van der Waals surface area contributed by atoms with Crippen LogP contribution in [0, 0.1) is 5.41 Å². The first-order chi connectivity index (χ1) is 8.56. The molecule has 96 valence electrons. The highest BCUT2D eigenvalue weighted by atomic mass is 15.1. The van der Waals surface area contributed by atoms with E-state index in [0.29, 0.717) is 17.9 Å². The van der Waals surface area contributed by atoms with Gasteiger partial charge < -0.3 is 10.3 Å². The van der Waals surface area contributed by atoms with E-state index in [1.807, 2.05) is 0 Å². The van der Waals surface area contributed by atoms with Crippen molar-refractivity contribution in [2.75, 3.05) is 0 Å². The van der Waals surface area contributed by atoms with Crippen molar-refractivity contribution >= 4 is 11.0 Å². The van der Waals surface area contributed by atoms with Crippen molar-refractivity contribution in [3.8, 4) is 0 Å². The Balaban J connectivity index is 2.14. The van der Waals surface area contributed by atoms with E-state index in [1.165, 1.54) is 17.8 Å². The van der Waals surface area contributed by atoms with Crippen molar-refractivity contribution in [2.45, 2.75) is 46.2 Å². The van der Waals surface area contributed by atoms with Crippen LogP contribution in [0.15, 0.2) is 18.2 Å². The van der Waals surface area contributed by atoms with Crippen LogP contribution in [0.4, 0.5) is 0 Å². The highest BCUT2D eigenvalue weighted by Crippen LogP contribution is 2.58. The first-order valence-corrected chi connectivity index (χ1v) is 6.76. The molecule has 1 heterocycles. The van der Waals surface area contributed by atoms with Crippen molar-refractivity contribution in [2.24, 2.45) is 11.1 Å². The first kappa shape index (κ1) is 11.7. The lowest BCUT2D eigenvalue weighted by atomic mass is 10.1. The van der Waals surface area contributed by atoms with E-state index in [-0.39, 0.29) is 0 Å². The second-order valence-electron chi connectivity index (χ2n) is 5.99. The zero-order valence-electron chi connectivity index (χ0n) is 11.4. The number of fused-ring (bicyclic) bond motifs is 1. The van der Waals surface area contributed by atoms with Gasteiger partial charge in [0.2, 0.25) is 0 Å². The standard InChI is InChI=1S/C15H21N3/c1-4-18-13-6-5-10(9-16)7-12(13)17-14(18)11-8-15(11,2)3/h5-7,11H,4,8-9,16H2,1-3H3. The number of aryl methyl sites for hydroxylation is 1. The van der Waals surface area contributed by atoms with Gasteiger partial charge in [-0.25, -0.2) is 4.98 Å². The van der Waals surface area contributed by atoms with E-state index in [0.717, 1.165) is 17.6 Å². The number of hydrogen-bond acceptors (Lipinski definition) is 2. The third kappa shape index (κ3) is 1.65. The average Bonchev–Trinajstić information content (AvgIpc) is 2.85. The molecule has 0 saturated heterocycles. The fraction of sp³-hybridized carbons (Fsp3) is 0.533. The summed E-state index contributed by atoms with van der Waals surface area (Å²) >= 11 is 0. The Bertz CT molecular complexity index is 595. The van der Waals surface area contributed by atoms with Crippen LogP contribution in [-0.4, -0.2) is 9.55 Å². The van der Waals surface area contributed by atoms with Gasteiger partial charge in [-0.15, -0.1) is 0 Å².